The first-order valence-corrected chi connectivity index (χ1v) is 9.61. The van der Waals surface area contributed by atoms with Crippen molar-refractivity contribution in [2.75, 3.05) is 20.1 Å². The molecule has 2 aromatic carbocycles. The van der Waals surface area contributed by atoms with E-state index in [-0.39, 0.29) is 30.1 Å². The van der Waals surface area contributed by atoms with Crippen molar-refractivity contribution >= 4 is 11.5 Å². The quantitative estimate of drug-likeness (QED) is 0.709. The topological polar surface area (TPSA) is 23.6 Å². The van der Waals surface area contributed by atoms with Crippen LogP contribution in [0.1, 0.15) is 30.9 Å². The maximum absolute atomic E-state index is 14.2. The zero-order valence-corrected chi connectivity index (χ0v) is 16.4. The average molecular weight is 384 g/mol. The third kappa shape index (κ3) is 5.04. The number of likely N-dealkylation sites (tertiary alicyclic amines) is 1. The lowest BCUT2D eigenvalue weighted by atomic mass is 10.0. The van der Waals surface area contributed by atoms with Gasteiger partial charge in [0, 0.05) is 24.2 Å². The summed E-state index contributed by atoms with van der Waals surface area (Å²) in [6.07, 6.45) is 3.30. The summed E-state index contributed by atoms with van der Waals surface area (Å²) in [5.74, 6) is -0.748. The molecule has 0 unspecified atom stereocenters. The maximum atomic E-state index is 14.2. The van der Waals surface area contributed by atoms with Gasteiger partial charge in [0.25, 0.3) is 0 Å². The highest BCUT2D eigenvalue weighted by molar-refractivity contribution is 5.95. The van der Waals surface area contributed by atoms with Crippen LogP contribution in [0.3, 0.4) is 0 Å². The summed E-state index contributed by atoms with van der Waals surface area (Å²) in [5.41, 5.74) is 2.07. The van der Waals surface area contributed by atoms with Crippen LogP contribution in [0.25, 0.3) is 5.57 Å². The van der Waals surface area contributed by atoms with Crippen LogP contribution in [-0.2, 0) is 11.3 Å². The Bertz CT molecular complexity index is 840. The summed E-state index contributed by atoms with van der Waals surface area (Å²) < 4.78 is 27.4. The van der Waals surface area contributed by atoms with Gasteiger partial charge < -0.3 is 9.80 Å². The number of carbonyl (C=O) groups is 1. The number of amides is 1. The summed E-state index contributed by atoms with van der Waals surface area (Å²) in [6, 6.07) is 12.7. The first-order chi connectivity index (χ1) is 13.4. The van der Waals surface area contributed by atoms with Crippen LogP contribution in [0, 0.1) is 11.6 Å². The molecule has 1 heterocycles. The van der Waals surface area contributed by atoms with Crippen molar-refractivity contribution in [3.8, 4) is 0 Å². The number of carbonyl (C=O) groups excluding carboxylic acids is 1. The molecule has 2 aromatic rings. The second-order valence-electron chi connectivity index (χ2n) is 7.43. The summed E-state index contributed by atoms with van der Waals surface area (Å²) >= 11 is 0. The number of nitrogens with zero attached hydrogens (tertiary/aromatic N) is 2. The number of rotatable bonds is 5. The number of allylic oxidation sites excluding steroid dienone is 1. The summed E-state index contributed by atoms with van der Waals surface area (Å²) in [4.78, 5) is 17.1. The van der Waals surface area contributed by atoms with Gasteiger partial charge in [-0.15, -0.1) is 0 Å². The Morgan fingerprint density at radius 1 is 1.11 bits per heavy atom. The predicted molar refractivity (Wildman–Crippen MR) is 108 cm³/mol. The molecule has 1 saturated heterocycles. The van der Waals surface area contributed by atoms with Crippen LogP contribution in [0.5, 0.6) is 0 Å². The number of hydrogen-bond donors (Lipinski definition) is 0. The molecular weight excluding hydrogens is 358 g/mol. The van der Waals surface area contributed by atoms with E-state index >= 15 is 0 Å². The molecule has 0 radical (unpaired) electrons. The Balaban J connectivity index is 1.84. The van der Waals surface area contributed by atoms with Crippen LogP contribution >= 0.6 is 0 Å². The fourth-order valence-corrected chi connectivity index (χ4v) is 3.57. The number of hydrogen-bond acceptors (Lipinski definition) is 2. The van der Waals surface area contributed by atoms with E-state index in [0.717, 1.165) is 37.1 Å². The van der Waals surface area contributed by atoms with E-state index in [0.29, 0.717) is 5.56 Å². The Hall–Kier alpha value is -2.53. The van der Waals surface area contributed by atoms with Crippen molar-refractivity contribution in [2.45, 2.75) is 32.4 Å². The molecule has 0 spiro atoms. The zero-order chi connectivity index (χ0) is 20.1. The van der Waals surface area contributed by atoms with Crippen LogP contribution in [0.2, 0.25) is 0 Å². The molecule has 3 nitrogen and oxygen atoms in total. The Morgan fingerprint density at radius 2 is 1.75 bits per heavy atom. The highest BCUT2D eigenvalue weighted by Gasteiger charge is 2.27. The zero-order valence-electron chi connectivity index (χ0n) is 16.4. The minimum atomic E-state index is -0.310. The van der Waals surface area contributed by atoms with Crippen molar-refractivity contribution in [3.63, 3.8) is 0 Å². The van der Waals surface area contributed by atoms with Gasteiger partial charge in [-0.2, -0.15) is 0 Å². The fraction of sp³-hybridized carbons (Fsp3) is 0.348. The monoisotopic (exact) mass is 384 g/mol. The standard InChI is InChI=1S/C23H26F2N2O/c1-17(18-7-9-20(24)10-8-18)15-23(28)27(21-11-13-26(2)14-12-21)16-19-5-3-4-6-22(19)25/h3-10,15,21H,11-14,16H2,1-2H3/b17-15-. The molecule has 1 aliphatic rings. The molecule has 0 atom stereocenters. The average Bonchev–Trinajstić information content (AvgIpc) is 2.68. The Kier molecular flexibility index (Phi) is 6.57. The molecule has 3 rings (SSSR count). The highest BCUT2D eigenvalue weighted by Crippen LogP contribution is 2.22. The third-order valence-corrected chi connectivity index (χ3v) is 5.35. The molecule has 0 N–H and O–H groups in total. The van der Waals surface area contributed by atoms with Crippen molar-refractivity contribution in [3.05, 3.63) is 77.4 Å². The number of halogens is 2. The molecule has 0 aliphatic carbocycles. The molecule has 1 aliphatic heterocycles. The third-order valence-electron chi connectivity index (χ3n) is 5.35. The first-order valence-electron chi connectivity index (χ1n) is 9.61. The van der Waals surface area contributed by atoms with Gasteiger partial charge in [0.15, 0.2) is 0 Å². The van der Waals surface area contributed by atoms with Crippen LogP contribution in [-0.4, -0.2) is 41.9 Å². The first kappa shape index (κ1) is 20.2. The lowest BCUT2D eigenvalue weighted by Crippen LogP contribution is -2.45. The summed E-state index contributed by atoms with van der Waals surface area (Å²) in [7, 11) is 2.07. The molecule has 148 valence electrons. The normalized spacial score (nSPS) is 16.2. The number of piperidine rings is 1. The van der Waals surface area contributed by atoms with Gasteiger partial charge in [-0.3, -0.25) is 4.79 Å². The van der Waals surface area contributed by atoms with Gasteiger partial charge >= 0.3 is 0 Å². The molecule has 5 heteroatoms. The minimum absolute atomic E-state index is 0.0700. The second-order valence-corrected chi connectivity index (χ2v) is 7.43. The Labute approximate surface area is 165 Å². The van der Waals surface area contributed by atoms with Gasteiger partial charge in [0.1, 0.15) is 11.6 Å². The lowest BCUT2D eigenvalue weighted by molar-refractivity contribution is -0.129. The van der Waals surface area contributed by atoms with E-state index in [9.17, 15) is 13.6 Å². The molecular formula is C23H26F2N2O. The van der Waals surface area contributed by atoms with Crippen molar-refractivity contribution in [1.82, 2.24) is 9.80 Å². The van der Waals surface area contributed by atoms with Gasteiger partial charge in [0.05, 0.1) is 0 Å². The van der Waals surface area contributed by atoms with Gasteiger partial charge in [-0.05, 0) is 69.2 Å². The predicted octanol–water partition coefficient (Wildman–Crippen LogP) is 4.49. The van der Waals surface area contributed by atoms with Gasteiger partial charge in [0.2, 0.25) is 5.91 Å². The van der Waals surface area contributed by atoms with E-state index < -0.39 is 0 Å². The molecule has 0 bridgehead atoms. The van der Waals surface area contributed by atoms with Crippen LogP contribution < -0.4 is 0 Å². The SMILES string of the molecule is C/C(=C/C(=O)N(Cc1ccccc1F)C1CCN(C)CC1)c1ccc(F)cc1. The van der Waals surface area contributed by atoms with E-state index in [1.165, 1.54) is 18.2 Å². The van der Waals surface area contributed by atoms with Crippen molar-refractivity contribution in [1.29, 1.82) is 0 Å². The molecule has 0 aromatic heterocycles. The maximum Gasteiger partial charge on any atom is 0.247 e. The van der Waals surface area contributed by atoms with Crippen LogP contribution in [0.15, 0.2) is 54.6 Å². The molecule has 28 heavy (non-hydrogen) atoms. The number of benzene rings is 2. The van der Waals surface area contributed by atoms with E-state index in [1.54, 1.807) is 41.3 Å². The highest BCUT2D eigenvalue weighted by atomic mass is 19.1. The van der Waals surface area contributed by atoms with E-state index in [2.05, 4.69) is 11.9 Å². The molecule has 1 fully saturated rings. The minimum Gasteiger partial charge on any atom is -0.332 e. The lowest BCUT2D eigenvalue weighted by Gasteiger charge is -2.37. The summed E-state index contributed by atoms with van der Waals surface area (Å²) in [5, 5.41) is 0. The fourth-order valence-electron chi connectivity index (χ4n) is 3.57. The molecule has 1 amide bonds. The van der Waals surface area contributed by atoms with Crippen molar-refractivity contribution in [2.24, 2.45) is 0 Å². The van der Waals surface area contributed by atoms with Crippen molar-refractivity contribution < 1.29 is 13.6 Å². The van der Waals surface area contributed by atoms with Crippen LogP contribution in [0.4, 0.5) is 8.78 Å². The largest absolute Gasteiger partial charge is 0.332 e. The van der Waals surface area contributed by atoms with E-state index in [1.807, 2.05) is 6.92 Å². The van der Waals surface area contributed by atoms with Gasteiger partial charge in [-0.1, -0.05) is 30.3 Å². The Morgan fingerprint density at radius 3 is 2.39 bits per heavy atom. The molecule has 0 saturated carbocycles. The second kappa shape index (κ2) is 9.11. The van der Waals surface area contributed by atoms with E-state index in [4.69, 9.17) is 0 Å². The van der Waals surface area contributed by atoms with Gasteiger partial charge in [-0.25, -0.2) is 8.78 Å². The smallest absolute Gasteiger partial charge is 0.247 e. The summed E-state index contributed by atoms with van der Waals surface area (Å²) in [6.45, 7) is 3.90.